The zero-order valence-corrected chi connectivity index (χ0v) is 9.32. The smallest absolute Gasteiger partial charge is 0.215 e. The van der Waals surface area contributed by atoms with Gasteiger partial charge in [0.15, 0.2) is 4.77 Å². The van der Waals surface area contributed by atoms with Gasteiger partial charge < -0.3 is 15.1 Å². The van der Waals surface area contributed by atoms with Gasteiger partial charge in [-0.3, -0.25) is 0 Å². The number of nitrogens with one attached hydrogen (secondary N) is 2. The first-order valence-electron chi connectivity index (χ1n) is 4.84. The van der Waals surface area contributed by atoms with E-state index in [1.165, 1.54) is 0 Å². The van der Waals surface area contributed by atoms with Crippen molar-refractivity contribution in [3.05, 3.63) is 39.2 Å². The minimum Gasteiger partial charge on any atom is -0.493 e. The molecule has 17 heavy (non-hydrogen) atoms. The third-order valence-corrected chi connectivity index (χ3v) is 2.55. The summed E-state index contributed by atoms with van der Waals surface area (Å²) in [6.45, 7) is 0. The quantitative estimate of drug-likeness (QED) is 0.660. The van der Waals surface area contributed by atoms with Gasteiger partial charge in [-0.1, -0.05) is 6.07 Å². The van der Waals surface area contributed by atoms with Crippen LogP contribution in [0, 0.1) is 4.77 Å². The molecule has 84 valence electrons. The molecule has 0 amide bonds. The van der Waals surface area contributed by atoms with Gasteiger partial charge in [0.2, 0.25) is 5.88 Å². The zero-order valence-electron chi connectivity index (χ0n) is 8.51. The summed E-state index contributed by atoms with van der Waals surface area (Å²) < 4.78 is 0.379. The monoisotopic (exact) mass is 245 g/mol. The number of aromatic hydroxyl groups is 1. The second-order valence-electron chi connectivity index (χ2n) is 3.52. The summed E-state index contributed by atoms with van der Waals surface area (Å²) in [5.41, 5.74) is 1.24. The minimum absolute atomic E-state index is 0.0156. The minimum atomic E-state index is 0.0156. The molecule has 7 heteroatoms. The summed E-state index contributed by atoms with van der Waals surface area (Å²) in [5, 5.41) is 22.4. The van der Waals surface area contributed by atoms with Crippen LogP contribution in [0.25, 0.3) is 6.08 Å². The number of fused-ring (bicyclic) bond motifs is 1. The SMILES string of the molecule is Oc1[nH]c(=S)[nH]c1/C=c1\ccc2c(c1)N=NN=2. The van der Waals surface area contributed by atoms with E-state index in [1.54, 1.807) is 6.08 Å². The van der Waals surface area contributed by atoms with Crippen molar-refractivity contribution in [1.82, 2.24) is 9.97 Å². The Morgan fingerprint density at radius 3 is 2.94 bits per heavy atom. The topological polar surface area (TPSA) is 88.9 Å². The highest BCUT2D eigenvalue weighted by Gasteiger charge is 2.02. The molecular formula is C10H7N5OS. The molecule has 1 aromatic heterocycles. The second-order valence-corrected chi connectivity index (χ2v) is 3.93. The summed E-state index contributed by atoms with van der Waals surface area (Å²) in [4.78, 5) is 5.44. The van der Waals surface area contributed by atoms with E-state index in [2.05, 4.69) is 25.4 Å². The largest absolute Gasteiger partial charge is 0.493 e. The normalized spacial score (nSPS) is 13.8. The van der Waals surface area contributed by atoms with E-state index in [0.29, 0.717) is 16.2 Å². The van der Waals surface area contributed by atoms with Gasteiger partial charge in [-0.05, 0) is 40.9 Å². The third-order valence-electron chi connectivity index (χ3n) is 2.35. The van der Waals surface area contributed by atoms with Crippen LogP contribution >= 0.6 is 12.2 Å². The average Bonchev–Trinajstić information content (AvgIpc) is 2.85. The molecule has 6 nitrogen and oxygen atoms in total. The molecule has 0 bridgehead atoms. The molecule has 0 atom stereocenters. The fourth-order valence-electron chi connectivity index (χ4n) is 1.57. The molecule has 0 spiro atoms. The van der Waals surface area contributed by atoms with E-state index in [0.717, 1.165) is 10.6 Å². The highest BCUT2D eigenvalue weighted by Crippen LogP contribution is 2.12. The lowest BCUT2D eigenvalue weighted by Crippen LogP contribution is -2.06. The Morgan fingerprint density at radius 2 is 2.18 bits per heavy atom. The van der Waals surface area contributed by atoms with Gasteiger partial charge in [-0.15, -0.1) is 10.2 Å². The van der Waals surface area contributed by atoms with Gasteiger partial charge in [0.25, 0.3) is 0 Å². The van der Waals surface area contributed by atoms with Crippen LogP contribution in [0.1, 0.15) is 5.69 Å². The summed E-state index contributed by atoms with van der Waals surface area (Å²) in [5.74, 6) is 0.0156. The van der Waals surface area contributed by atoms with Crippen molar-refractivity contribution in [3.8, 4) is 5.88 Å². The number of imidazole rings is 1. The molecule has 0 saturated carbocycles. The molecule has 2 aromatic rings. The van der Waals surface area contributed by atoms with E-state index < -0.39 is 0 Å². The number of hydrogen-bond donors (Lipinski definition) is 3. The van der Waals surface area contributed by atoms with Crippen molar-refractivity contribution in [2.75, 3.05) is 0 Å². The Kier molecular flexibility index (Phi) is 2.12. The Hall–Kier alpha value is -2.28. The van der Waals surface area contributed by atoms with Gasteiger partial charge in [0.1, 0.15) is 16.7 Å². The van der Waals surface area contributed by atoms with Crippen LogP contribution < -0.4 is 10.6 Å². The Bertz CT molecular complexity index is 786. The lowest BCUT2D eigenvalue weighted by atomic mass is 10.2. The molecule has 0 saturated heterocycles. The van der Waals surface area contributed by atoms with Gasteiger partial charge in [0, 0.05) is 0 Å². The van der Waals surface area contributed by atoms with E-state index in [-0.39, 0.29) is 5.88 Å². The van der Waals surface area contributed by atoms with Crippen LogP contribution in [-0.4, -0.2) is 15.1 Å². The standard InChI is InChI=1S/C10H7N5OS/c16-9-8(11-10(17)12-9)4-5-1-2-6-7(3-5)14-15-13-6/h1-4,16H,(H2,11,12,17)/b5-4+. The maximum atomic E-state index is 9.54. The van der Waals surface area contributed by atoms with Crippen LogP contribution in [0.4, 0.5) is 5.69 Å². The lowest BCUT2D eigenvalue weighted by Gasteiger charge is -1.90. The van der Waals surface area contributed by atoms with Crippen molar-refractivity contribution in [3.63, 3.8) is 0 Å². The Balaban J connectivity index is 2.17. The molecule has 0 aliphatic carbocycles. The van der Waals surface area contributed by atoms with E-state index >= 15 is 0 Å². The summed E-state index contributed by atoms with van der Waals surface area (Å²) >= 11 is 4.88. The van der Waals surface area contributed by atoms with Crippen LogP contribution in [0.5, 0.6) is 5.88 Å². The molecule has 3 rings (SSSR count). The predicted molar refractivity (Wildman–Crippen MR) is 62.9 cm³/mol. The highest BCUT2D eigenvalue weighted by molar-refractivity contribution is 7.71. The van der Waals surface area contributed by atoms with Gasteiger partial charge in [-0.2, -0.15) is 0 Å². The number of aromatic nitrogens is 2. The van der Waals surface area contributed by atoms with Crippen molar-refractivity contribution in [1.29, 1.82) is 0 Å². The molecule has 0 unspecified atom stereocenters. The fourth-order valence-corrected chi connectivity index (χ4v) is 1.78. The molecule has 2 heterocycles. The Morgan fingerprint density at radius 1 is 1.29 bits per heavy atom. The molecule has 1 aromatic carbocycles. The van der Waals surface area contributed by atoms with E-state index in [1.807, 2.05) is 18.2 Å². The molecule has 0 fully saturated rings. The molecule has 0 radical (unpaired) electrons. The van der Waals surface area contributed by atoms with Gasteiger partial charge in [0.05, 0.1) is 0 Å². The van der Waals surface area contributed by atoms with Gasteiger partial charge in [-0.25, -0.2) is 0 Å². The maximum absolute atomic E-state index is 9.54. The van der Waals surface area contributed by atoms with E-state index in [9.17, 15) is 5.11 Å². The van der Waals surface area contributed by atoms with Crippen molar-refractivity contribution in [2.24, 2.45) is 15.4 Å². The van der Waals surface area contributed by atoms with Crippen molar-refractivity contribution in [2.45, 2.75) is 0 Å². The fraction of sp³-hybridized carbons (Fsp3) is 0. The average molecular weight is 245 g/mol. The Labute approximate surface area is 100 Å². The zero-order chi connectivity index (χ0) is 11.8. The molecular weight excluding hydrogens is 238 g/mol. The molecule has 3 N–H and O–H groups in total. The number of hydrogen-bond acceptors (Lipinski definition) is 5. The maximum Gasteiger partial charge on any atom is 0.215 e. The summed E-state index contributed by atoms with van der Waals surface area (Å²) in [7, 11) is 0. The highest BCUT2D eigenvalue weighted by atomic mass is 32.1. The van der Waals surface area contributed by atoms with Crippen LogP contribution in [0.15, 0.2) is 33.6 Å². The first-order valence-corrected chi connectivity index (χ1v) is 5.25. The van der Waals surface area contributed by atoms with Crippen molar-refractivity contribution < 1.29 is 5.11 Å². The molecule has 1 aliphatic rings. The van der Waals surface area contributed by atoms with E-state index in [4.69, 9.17) is 12.2 Å². The van der Waals surface area contributed by atoms with Crippen LogP contribution in [0.3, 0.4) is 0 Å². The molecule has 1 aliphatic heterocycles. The van der Waals surface area contributed by atoms with Crippen molar-refractivity contribution >= 4 is 24.0 Å². The number of nitrogens with zero attached hydrogens (tertiary/aromatic N) is 3. The second kappa shape index (κ2) is 3.63. The first-order chi connectivity index (χ1) is 8.22. The lowest BCUT2D eigenvalue weighted by molar-refractivity contribution is 0.455. The van der Waals surface area contributed by atoms with Gasteiger partial charge >= 0.3 is 0 Å². The predicted octanol–water partition coefficient (Wildman–Crippen LogP) is 1.24. The van der Waals surface area contributed by atoms with Crippen LogP contribution in [0.2, 0.25) is 0 Å². The number of aromatic amines is 2. The third kappa shape index (κ3) is 1.76. The first kappa shape index (κ1) is 9.91. The summed E-state index contributed by atoms with van der Waals surface area (Å²) in [6, 6.07) is 5.51. The van der Waals surface area contributed by atoms with Crippen LogP contribution in [-0.2, 0) is 0 Å². The summed E-state index contributed by atoms with van der Waals surface area (Å²) in [6.07, 6.45) is 1.76. The number of H-pyrrole nitrogens is 2. The number of rotatable bonds is 1. The number of benzene rings is 1.